The van der Waals surface area contributed by atoms with Crippen molar-refractivity contribution in [1.29, 1.82) is 0 Å². The normalized spacial score (nSPS) is 10.2. The number of aryl methyl sites for hydroxylation is 3. The SMILES string of the molecule is Cc1cccc(Oc2ccc(C)cc2C)c1. The molecule has 0 saturated heterocycles. The van der Waals surface area contributed by atoms with E-state index in [0.29, 0.717) is 0 Å². The molecule has 1 nitrogen and oxygen atoms in total. The van der Waals surface area contributed by atoms with Crippen molar-refractivity contribution in [1.82, 2.24) is 0 Å². The van der Waals surface area contributed by atoms with Gasteiger partial charge in [0, 0.05) is 0 Å². The van der Waals surface area contributed by atoms with Gasteiger partial charge in [-0.05, 0) is 50.1 Å². The molecular weight excluding hydrogens is 196 g/mol. The van der Waals surface area contributed by atoms with Gasteiger partial charge in [-0.1, -0.05) is 29.8 Å². The zero-order chi connectivity index (χ0) is 11.5. The van der Waals surface area contributed by atoms with Crippen molar-refractivity contribution in [3.8, 4) is 11.5 Å². The molecule has 82 valence electrons. The highest BCUT2D eigenvalue weighted by atomic mass is 16.5. The van der Waals surface area contributed by atoms with E-state index in [1.807, 2.05) is 24.3 Å². The van der Waals surface area contributed by atoms with Gasteiger partial charge in [0.25, 0.3) is 0 Å². The second-order valence-electron chi connectivity index (χ2n) is 4.19. The lowest BCUT2D eigenvalue weighted by atomic mass is 10.1. The van der Waals surface area contributed by atoms with Crippen molar-refractivity contribution in [2.45, 2.75) is 20.8 Å². The fraction of sp³-hybridized carbons (Fsp3) is 0.200. The molecule has 1 heteroatoms. The first kappa shape index (κ1) is 10.7. The number of rotatable bonds is 2. The van der Waals surface area contributed by atoms with Crippen LogP contribution < -0.4 is 4.74 Å². The van der Waals surface area contributed by atoms with Gasteiger partial charge in [-0.15, -0.1) is 0 Å². The average molecular weight is 212 g/mol. The van der Waals surface area contributed by atoms with Gasteiger partial charge in [0.1, 0.15) is 11.5 Å². The molecule has 0 aliphatic carbocycles. The van der Waals surface area contributed by atoms with Crippen molar-refractivity contribution < 1.29 is 4.74 Å². The summed E-state index contributed by atoms with van der Waals surface area (Å²) in [6.07, 6.45) is 0. The standard InChI is InChI=1S/C15H16O/c1-11-5-4-6-14(10-11)16-15-8-7-12(2)9-13(15)3/h4-10H,1-3H3. The molecule has 0 aliphatic heterocycles. The highest BCUT2D eigenvalue weighted by Crippen LogP contribution is 2.25. The van der Waals surface area contributed by atoms with E-state index >= 15 is 0 Å². The van der Waals surface area contributed by atoms with Crippen molar-refractivity contribution in [2.75, 3.05) is 0 Å². The van der Waals surface area contributed by atoms with Gasteiger partial charge in [0.05, 0.1) is 0 Å². The predicted molar refractivity (Wildman–Crippen MR) is 67.2 cm³/mol. The zero-order valence-corrected chi connectivity index (χ0v) is 9.95. The van der Waals surface area contributed by atoms with Crippen molar-refractivity contribution in [3.63, 3.8) is 0 Å². The van der Waals surface area contributed by atoms with E-state index in [1.54, 1.807) is 0 Å². The minimum absolute atomic E-state index is 0.895. The molecule has 0 heterocycles. The highest BCUT2D eigenvalue weighted by Gasteiger charge is 2.01. The van der Waals surface area contributed by atoms with E-state index in [9.17, 15) is 0 Å². The summed E-state index contributed by atoms with van der Waals surface area (Å²) in [5.41, 5.74) is 3.64. The summed E-state index contributed by atoms with van der Waals surface area (Å²) in [5, 5.41) is 0. The van der Waals surface area contributed by atoms with Crippen molar-refractivity contribution in [3.05, 3.63) is 59.2 Å². The van der Waals surface area contributed by atoms with E-state index in [2.05, 4.69) is 39.0 Å². The van der Waals surface area contributed by atoms with Crippen LogP contribution in [0, 0.1) is 20.8 Å². The second-order valence-corrected chi connectivity index (χ2v) is 4.19. The summed E-state index contributed by atoms with van der Waals surface area (Å²) in [6, 6.07) is 14.3. The van der Waals surface area contributed by atoms with Crippen LogP contribution in [0.4, 0.5) is 0 Å². The zero-order valence-electron chi connectivity index (χ0n) is 9.95. The van der Waals surface area contributed by atoms with Crippen LogP contribution in [0.2, 0.25) is 0 Å². The molecular formula is C15H16O. The van der Waals surface area contributed by atoms with E-state index in [-0.39, 0.29) is 0 Å². The third kappa shape index (κ3) is 2.43. The fourth-order valence-corrected chi connectivity index (χ4v) is 1.72. The van der Waals surface area contributed by atoms with Crippen LogP contribution in [-0.2, 0) is 0 Å². The molecule has 2 rings (SSSR count). The Hall–Kier alpha value is -1.76. The van der Waals surface area contributed by atoms with Gasteiger partial charge < -0.3 is 4.74 Å². The smallest absolute Gasteiger partial charge is 0.130 e. The maximum absolute atomic E-state index is 5.84. The lowest BCUT2D eigenvalue weighted by Gasteiger charge is -2.09. The highest BCUT2D eigenvalue weighted by molar-refractivity contribution is 5.40. The Morgan fingerprint density at radius 1 is 0.812 bits per heavy atom. The van der Waals surface area contributed by atoms with Gasteiger partial charge >= 0.3 is 0 Å². The average Bonchev–Trinajstić information content (AvgIpc) is 2.22. The quantitative estimate of drug-likeness (QED) is 0.716. The fourth-order valence-electron chi connectivity index (χ4n) is 1.72. The summed E-state index contributed by atoms with van der Waals surface area (Å²) in [4.78, 5) is 0. The molecule has 0 unspecified atom stereocenters. The molecule has 2 aromatic carbocycles. The summed E-state index contributed by atoms with van der Waals surface area (Å²) >= 11 is 0. The Morgan fingerprint density at radius 2 is 1.56 bits per heavy atom. The van der Waals surface area contributed by atoms with Gasteiger partial charge in [-0.2, -0.15) is 0 Å². The second kappa shape index (κ2) is 4.40. The first-order chi connectivity index (χ1) is 7.65. The summed E-state index contributed by atoms with van der Waals surface area (Å²) in [7, 11) is 0. The third-order valence-corrected chi connectivity index (χ3v) is 2.55. The summed E-state index contributed by atoms with van der Waals surface area (Å²) in [6.45, 7) is 6.22. The molecule has 0 amide bonds. The molecule has 0 radical (unpaired) electrons. The lowest BCUT2D eigenvalue weighted by molar-refractivity contribution is 0.478. The minimum atomic E-state index is 0.895. The predicted octanol–water partition coefficient (Wildman–Crippen LogP) is 4.40. The maximum Gasteiger partial charge on any atom is 0.130 e. The van der Waals surface area contributed by atoms with Crippen LogP contribution >= 0.6 is 0 Å². The van der Waals surface area contributed by atoms with Gasteiger partial charge in [0.15, 0.2) is 0 Å². The topological polar surface area (TPSA) is 9.23 Å². The molecule has 16 heavy (non-hydrogen) atoms. The number of ether oxygens (including phenoxy) is 1. The van der Waals surface area contributed by atoms with Crippen LogP contribution in [0.15, 0.2) is 42.5 Å². The molecule has 0 N–H and O–H groups in total. The van der Waals surface area contributed by atoms with Crippen molar-refractivity contribution in [2.24, 2.45) is 0 Å². The Kier molecular flexibility index (Phi) is 2.95. The molecule has 0 spiro atoms. The van der Waals surface area contributed by atoms with E-state index in [1.165, 1.54) is 16.7 Å². The molecule has 2 aromatic rings. The number of hydrogen-bond donors (Lipinski definition) is 0. The van der Waals surface area contributed by atoms with Crippen LogP contribution in [0.5, 0.6) is 11.5 Å². The molecule has 0 atom stereocenters. The van der Waals surface area contributed by atoms with Crippen LogP contribution in [0.25, 0.3) is 0 Å². The van der Waals surface area contributed by atoms with Crippen LogP contribution in [-0.4, -0.2) is 0 Å². The lowest BCUT2D eigenvalue weighted by Crippen LogP contribution is -1.88. The van der Waals surface area contributed by atoms with E-state index in [0.717, 1.165) is 11.5 Å². The molecule has 0 fully saturated rings. The van der Waals surface area contributed by atoms with Crippen LogP contribution in [0.3, 0.4) is 0 Å². The summed E-state index contributed by atoms with van der Waals surface area (Å²) in [5.74, 6) is 1.82. The number of benzene rings is 2. The molecule has 0 saturated carbocycles. The molecule has 0 aliphatic rings. The number of hydrogen-bond acceptors (Lipinski definition) is 1. The van der Waals surface area contributed by atoms with Crippen molar-refractivity contribution >= 4 is 0 Å². The maximum atomic E-state index is 5.84. The minimum Gasteiger partial charge on any atom is -0.457 e. The van der Waals surface area contributed by atoms with Gasteiger partial charge in [-0.25, -0.2) is 0 Å². The summed E-state index contributed by atoms with van der Waals surface area (Å²) < 4.78 is 5.84. The van der Waals surface area contributed by atoms with Gasteiger partial charge in [0.2, 0.25) is 0 Å². The Labute approximate surface area is 96.7 Å². The third-order valence-electron chi connectivity index (χ3n) is 2.55. The largest absolute Gasteiger partial charge is 0.457 e. The molecule has 0 bridgehead atoms. The first-order valence-electron chi connectivity index (χ1n) is 5.47. The molecule has 0 aromatic heterocycles. The Bertz CT molecular complexity index is 501. The Balaban J connectivity index is 2.27. The Morgan fingerprint density at radius 3 is 2.25 bits per heavy atom. The monoisotopic (exact) mass is 212 g/mol. The van der Waals surface area contributed by atoms with Crippen LogP contribution in [0.1, 0.15) is 16.7 Å². The van der Waals surface area contributed by atoms with E-state index in [4.69, 9.17) is 4.74 Å². The first-order valence-corrected chi connectivity index (χ1v) is 5.47. The van der Waals surface area contributed by atoms with Gasteiger partial charge in [-0.3, -0.25) is 0 Å². The van der Waals surface area contributed by atoms with E-state index < -0.39 is 0 Å².